The fourth-order valence-electron chi connectivity index (χ4n) is 2.82. The molecule has 2 aliphatic rings. The summed E-state index contributed by atoms with van der Waals surface area (Å²) < 4.78 is 13.1. The Morgan fingerprint density at radius 1 is 1.41 bits per heavy atom. The molecule has 0 spiro atoms. The summed E-state index contributed by atoms with van der Waals surface area (Å²) >= 11 is 0. The Morgan fingerprint density at radius 2 is 2.32 bits per heavy atom. The molecule has 2 atom stereocenters. The molecule has 1 aliphatic carbocycles. The Bertz CT molecular complexity index is 609. The van der Waals surface area contributed by atoms with E-state index in [1.165, 1.54) is 12.8 Å². The van der Waals surface area contributed by atoms with Gasteiger partial charge in [-0.1, -0.05) is 5.16 Å². The first-order valence-corrected chi connectivity index (χ1v) is 7.81. The molecular formula is C14H20N6O2. The maximum Gasteiger partial charge on any atom is 0.243 e. The maximum atomic E-state index is 5.82. The summed E-state index contributed by atoms with van der Waals surface area (Å²) in [5.74, 6) is 2.10. The van der Waals surface area contributed by atoms with Crippen molar-refractivity contribution < 1.29 is 9.26 Å². The van der Waals surface area contributed by atoms with Crippen LogP contribution in [0, 0.1) is 0 Å². The highest BCUT2D eigenvalue weighted by molar-refractivity contribution is 5.04. The summed E-state index contributed by atoms with van der Waals surface area (Å²) in [5.41, 5.74) is 0. The molecule has 0 N–H and O–H groups in total. The minimum absolute atomic E-state index is 0.101. The molecule has 2 aromatic rings. The molecule has 0 amide bonds. The van der Waals surface area contributed by atoms with Gasteiger partial charge in [-0.25, -0.2) is 4.98 Å². The molecular weight excluding hydrogens is 284 g/mol. The second-order valence-electron chi connectivity index (χ2n) is 6.05. The predicted octanol–water partition coefficient (Wildman–Crippen LogP) is 1.00. The van der Waals surface area contributed by atoms with Gasteiger partial charge in [0.15, 0.2) is 5.82 Å². The van der Waals surface area contributed by atoms with Crippen LogP contribution < -0.4 is 0 Å². The van der Waals surface area contributed by atoms with E-state index in [1.54, 1.807) is 17.3 Å². The summed E-state index contributed by atoms with van der Waals surface area (Å²) in [6.07, 6.45) is 5.73. The predicted molar refractivity (Wildman–Crippen MR) is 76.0 cm³/mol. The van der Waals surface area contributed by atoms with Crippen LogP contribution in [-0.4, -0.2) is 55.6 Å². The third kappa shape index (κ3) is 2.89. The van der Waals surface area contributed by atoms with E-state index in [-0.39, 0.29) is 12.1 Å². The number of nitrogens with zero attached hydrogens (tertiary/aromatic N) is 6. The number of aromatic nitrogens is 5. The van der Waals surface area contributed by atoms with Gasteiger partial charge in [0, 0.05) is 19.0 Å². The van der Waals surface area contributed by atoms with Gasteiger partial charge in [-0.05, 0) is 19.8 Å². The highest BCUT2D eigenvalue weighted by atomic mass is 16.5. The third-order valence-corrected chi connectivity index (χ3v) is 4.33. The van der Waals surface area contributed by atoms with Gasteiger partial charge in [-0.15, -0.1) is 0 Å². The SMILES string of the molecule is CC(c1nc(C2CC2)no1)N1CCOC(Cn2cncn2)C1. The monoisotopic (exact) mass is 304 g/mol. The van der Waals surface area contributed by atoms with E-state index in [1.807, 2.05) is 0 Å². The van der Waals surface area contributed by atoms with Crippen LogP contribution in [0.25, 0.3) is 0 Å². The van der Waals surface area contributed by atoms with Crippen molar-refractivity contribution >= 4 is 0 Å². The quantitative estimate of drug-likeness (QED) is 0.815. The van der Waals surface area contributed by atoms with Gasteiger partial charge in [0.2, 0.25) is 5.89 Å². The molecule has 0 bridgehead atoms. The summed E-state index contributed by atoms with van der Waals surface area (Å²) in [6.45, 7) is 5.22. The normalized spacial score (nSPS) is 24.5. The van der Waals surface area contributed by atoms with Crippen LogP contribution in [0.5, 0.6) is 0 Å². The van der Waals surface area contributed by atoms with Gasteiger partial charge in [-0.2, -0.15) is 10.1 Å². The lowest BCUT2D eigenvalue weighted by atomic mass is 10.2. The Hall–Kier alpha value is -1.80. The van der Waals surface area contributed by atoms with Gasteiger partial charge < -0.3 is 9.26 Å². The highest BCUT2D eigenvalue weighted by Gasteiger charge is 2.32. The molecule has 2 fully saturated rings. The Labute approximate surface area is 128 Å². The largest absolute Gasteiger partial charge is 0.374 e. The molecule has 8 heteroatoms. The lowest BCUT2D eigenvalue weighted by molar-refractivity contribution is -0.0532. The van der Waals surface area contributed by atoms with Gasteiger partial charge >= 0.3 is 0 Å². The van der Waals surface area contributed by atoms with Crippen LogP contribution in [0.15, 0.2) is 17.2 Å². The van der Waals surface area contributed by atoms with Crippen LogP contribution in [-0.2, 0) is 11.3 Å². The first-order valence-electron chi connectivity index (χ1n) is 7.81. The molecule has 1 saturated heterocycles. The number of rotatable bonds is 5. The molecule has 3 heterocycles. The lowest BCUT2D eigenvalue weighted by Crippen LogP contribution is -2.45. The van der Waals surface area contributed by atoms with Crippen molar-refractivity contribution in [2.24, 2.45) is 0 Å². The van der Waals surface area contributed by atoms with Crippen molar-refractivity contribution in [3.63, 3.8) is 0 Å². The molecule has 0 radical (unpaired) electrons. The molecule has 2 unspecified atom stereocenters. The van der Waals surface area contributed by atoms with Crippen LogP contribution in [0.2, 0.25) is 0 Å². The van der Waals surface area contributed by atoms with Gasteiger partial charge in [0.1, 0.15) is 12.7 Å². The average molecular weight is 304 g/mol. The van der Waals surface area contributed by atoms with E-state index in [0.717, 1.165) is 18.9 Å². The topological polar surface area (TPSA) is 82.1 Å². The summed E-state index contributed by atoms with van der Waals surface area (Å²) in [4.78, 5) is 10.9. The molecule has 22 heavy (non-hydrogen) atoms. The van der Waals surface area contributed by atoms with Crippen LogP contribution in [0.3, 0.4) is 0 Å². The van der Waals surface area contributed by atoms with Crippen molar-refractivity contribution in [2.45, 2.75) is 44.4 Å². The van der Waals surface area contributed by atoms with Crippen molar-refractivity contribution in [2.75, 3.05) is 19.7 Å². The summed E-state index contributed by atoms with van der Waals surface area (Å²) in [7, 11) is 0. The van der Waals surface area contributed by atoms with E-state index >= 15 is 0 Å². The zero-order valence-corrected chi connectivity index (χ0v) is 12.6. The third-order valence-electron chi connectivity index (χ3n) is 4.33. The zero-order chi connectivity index (χ0) is 14.9. The molecule has 8 nitrogen and oxygen atoms in total. The molecule has 118 valence electrons. The fourth-order valence-corrected chi connectivity index (χ4v) is 2.82. The number of hydrogen-bond acceptors (Lipinski definition) is 7. The molecule has 0 aromatic carbocycles. The van der Waals surface area contributed by atoms with Crippen molar-refractivity contribution in [1.29, 1.82) is 0 Å². The zero-order valence-electron chi connectivity index (χ0n) is 12.6. The first kappa shape index (κ1) is 13.8. The molecule has 2 aromatic heterocycles. The summed E-state index contributed by atoms with van der Waals surface area (Å²) in [6, 6.07) is 0.113. The van der Waals surface area contributed by atoms with Crippen LogP contribution in [0.1, 0.15) is 43.4 Å². The number of ether oxygens (including phenoxy) is 1. The fraction of sp³-hybridized carbons (Fsp3) is 0.714. The van der Waals surface area contributed by atoms with Gasteiger partial charge in [-0.3, -0.25) is 9.58 Å². The highest BCUT2D eigenvalue weighted by Crippen LogP contribution is 2.38. The second-order valence-corrected chi connectivity index (χ2v) is 6.05. The first-order chi connectivity index (χ1) is 10.8. The van der Waals surface area contributed by atoms with E-state index in [0.29, 0.717) is 25.0 Å². The maximum absolute atomic E-state index is 5.82. The smallest absolute Gasteiger partial charge is 0.243 e. The van der Waals surface area contributed by atoms with Crippen molar-refractivity contribution in [1.82, 2.24) is 29.8 Å². The minimum Gasteiger partial charge on any atom is -0.374 e. The average Bonchev–Trinajstić information content (AvgIpc) is 3.06. The Balaban J connectivity index is 1.39. The van der Waals surface area contributed by atoms with Gasteiger partial charge in [0.05, 0.1) is 25.3 Å². The molecule has 1 saturated carbocycles. The van der Waals surface area contributed by atoms with E-state index in [9.17, 15) is 0 Å². The Kier molecular flexibility index (Phi) is 3.63. The summed E-state index contributed by atoms with van der Waals surface area (Å²) in [5, 5.41) is 8.24. The van der Waals surface area contributed by atoms with E-state index < -0.39 is 0 Å². The molecule has 1 aliphatic heterocycles. The minimum atomic E-state index is 0.101. The van der Waals surface area contributed by atoms with Crippen LogP contribution in [0.4, 0.5) is 0 Å². The van der Waals surface area contributed by atoms with Crippen LogP contribution >= 0.6 is 0 Å². The van der Waals surface area contributed by atoms with Crippen molar-refractivity contribution in [3.8, 4) is 0 Å². The lowest BCUT2D eigenvalue weighted by Gasteiger charge is -2.35. The Morgan fingerprint density at radius 3 is 3.09 bits per heavy atom. The van der Waals surface area contributed by atoms with E-state index in [4.69, 9.17) is 9.26 Å². The van der Waals surface area contributed by atoms with E-state index in [2.05, 4.69) is 32.0 Å². The second kappa shape index (κ2) is 5.77. The number of morpholine rings is 1. The molecule has 4 rings (SSSR count). The standard InChI is InChI=1S/C14H20N6O2/c1-10(14-17-13(18-22-14)11-2-3-11)19-4-5-21-12(6-19)7-20-9-15-8-16-20/h8-12H,2-7H2,1H3. The van der Waals surface area contributed by atoms with Gasteiger partial charge in [0.25, 0.3) is 0 Å². The number of hydrogen-bond donors (Lipinski definition) is 0. The van der Waals surface area contributed by atoms with Crippen molar-refractivity contribution in [3.05, 3.63) is 24.4 Å².